The topological polar surface area (TPSA) is 170 Å². The fourth-order valence-corrected chi connectivity index (χ4v) is 8.92. The summed E-state index contributed by atoms with van der Waals surface area (Å²) in [5, 5.41) is 0. The van der Waals surface area contributed by atoms with Gasteiger partial charge in [0.2, 0.25) is 0 Å². The molecule has 0 aliphatic carbocycles. The van der Waals surface area contributed by atoms with Gasteiger partial charge in [-0.1, -0.05) is 164 Å². The monoisotopic (exact) mass is 1040 g/mol. The largest absolute Gasteiger partial charge is 0.459 e. The Morgan fingerprint density at radius 1 is 0.338 bits per heavy atom. The Bertz CT molecular complexity index is 2920. The molecule has 9 rings (SSSR count). The van der Waals surface area contributed by atoms with E-state index in [-0.39, 0.29) is 48.7 Å². The van der Waals surface area contributed by atoms with Crippen molar-refractivity contribution in [3.63, 3.8) is 0 Å². The van der Waals surface area contributed by atoms with Gasteiger partial charge in [0.1, 0.15) is 37.1 Å². The lowest BCUT2D eigenvalue weighted by atomic mass is 9.96. The normalized spacial score (nSPS) is 23.0. The van der Waals surface area contributed by atoms with Crippen LogP contribution in [0.2, 0.25) is 0 Å². The Morgan fingerprint density at radius 3 is 1.10 bits per heavy atom. The summed E-state index contributed by atoms with van der Waals surface area (Å²) in [6.07, 6.45) is -12.7. The summed E-state index contributed by atoms with van der Waals surface area (Å²) in [5.74, 6) is -3.26. The summed E-state index contributed by atoms with van der Waals surface area (Å²) in [6.45, 7) is -0.437. The molecule has 10 unspecified atom stereocenters. The van der Waals surface area contributed by atoms with Crippen LogP contribution in [0.3, 0.4) is 0 Å². The van der Waals surface area contributed by atoms with E-state index in [1.165, 1.54) is 7.11 Å². The first kappa shape index (κ1) is 53.9. The molecule has 2 fully saturated rings. The van der Waals surface area contributed by atoms with Gasteiger partial charge in [0, 0.05) is 7.11 Å². The molecule has 0 aromatic heterocycles. The quantitative estimate of drug-likeness (QED) is 0.0464. The van der Waals surface area contributed by atoms with E-state index in [1.54, 1.807) is 121 Å². The maximum Gasteiger partial charge on any atom is 0.338 e. The fraction of sp³-hybridized carbons (Fsp3) is 0.258. The van der Waals surface area contributed by atoms with E-state index < -0.39 is 91.9 Å². The number of esters is 4. The summed E-state index contributed by atoms with van der Waals surface area (Å²) in [4.78, 5) is 56.4. The van der Waals surface area contributed by atoms with E-state index in [1.807, 2.05) is 91.0 Å². The van der Waals surface area contributed by atoms with Gasteiger partial charge < -0.3 is 52.1 Å². The predicted molar refractivity (Wildman–Crippen MR) is 279 cm³/mol. The van der Waals surface area contributed by atoms with Crippen LogP contribution in [0.4, 0.5) is 0 Å². The van der Waals surface area contributed by atoms with Gasteiger partial charge >= 0.3 is 23.9 Å². The highest BCUT2D eigenvalue weighted by Gasteiger charge is 2.55. The minimum Gasteiger partial charge on any atom is -0.459 e. The molecule has 7 aromatic rings. The zero-order chi connectivity index (χ0) is 53.2. The Balaban J connectivity index is 1.10. The van der Waals surface area contributed by atoms with Crippen molar-refractivity contribution in [2.24, 2.45) is 0 Å². The molecule has 2 aliphatic heterocycles. The lowest BCUT2D eigenvalue weighted by molar-refractivity contribution is -0.340. The van der Waals surface area contributed by atoms with Gasteiger partial charge in [-0.05, 0) is 65.2 Å². The summed E-state index contributed by atoms with van der Waals surface area (Å²) in [6, 6.07) is 61.6. The first-order valence-corrected chi connectivity index (χ1v) is 25.2. The molecule has 0 bridgehead atoms. The highest BCUT2D eigenvalue weighted by molar-refractivity contribution is 5.91. The maximum atomic E-state index is 14.3. The van der Waals surface area contributed by atoms with E-state index in [0.717, 1.165) is 16.7 Å². The van der Waals surface area contributed by atoms with Gasteiger partial charge in [-0.15, -0.1) is 0 Å². The van der Waals surface area contributed by atoms with Crippen LogP contribution in [0.25, 0.3) is 0 Å². The van der Waals surface area contributed by atoms with Crippen LogP contribution >= 0.6 is 0 Å². The van der Waals surface area contributed by atoms with Crippen LogP contribution < -0.4 is 0 Å². The standard InChI is InChI=1S/C62H58O15/c1-67-61-55(70-39-44-27-13-4-14-28-44)53(69-38-43-25-11-3-12-26-43)51(68-37-42-23-9-2-10-24-42)49(73-61)41-72-62-56(77-60(66)48-35-21-8-22-36-48)54(76-59(65)47-33-19-7-20-34-47)52(75-58(64)46-31-17-6-18-32-46)50(74-62)40-71-57(63)45-29-15-5-16-30-45/h2-36,49-56,61-62H,37-41H2,1H3. The molecule has 2 heterocycles. The first-order valence-electron chi connectivity index (χ1n) is 25.2. The van der Waals surface area contributed by atoms with Gasteiger partial charge in [-0.25, -0.2) is 19.2 Å². The predicted octanol–water partition coefficient (Wildman–Crippen LogP) is 9.39. The summed E-state index contributed by atoms with van der Waals surface area (Å²) in [7, 11) is 1.49. The van der Waals surface area contributed by atoms with E-state index in [4.69, 9.17) is 52.1 Å². The highest BCUT2D eigenvalue weighted by Crippen LogP contribution is 2.35. The van der Waals surface area contributed by atoms with Crippen molar-refractivity contribution in [1.82, 2.24) is 0 Å². The number of hydrogen-bond donors (Lipinski definition) is 0. The molecule has 0 N–H and O–H groups in total. The van der Waals surface area contributed by atoms with Crippen molar-refractivity contribution in [3.8, 4) is 0 Å². The molecule has 15 heteroatoms. The average molecular weight is 1040 g/mol. The van der Waals surface area contributed by atoms with Crippen molar-refractivity contribution in [3.05, 3.63) is 251 Å². The second-order valence-corrected chi connectivity index (χ2v) is 18.1. The lowest BCUT2D eigenvalue weighted by Gasteiger charge is -2.47. The molecule has 7 aromatic carbocycles. The molecule has 0 radical (unpaired) electrons. The average Bonchev–Trinajstić information content (AvgIpc) is 3.50. The number of carbonyl (C=O) groups is 4. The summed E-state index contributed by atoms with van der Waals surface area (Å²) in [5.41, 5.74) is 3.31. The Kier molecular flexibility index (Phi) is 19.1. The molecule has 396 valence electrons. The zero-order valence-electron chi connectivity index (χ0n) is 42.1. The van der Waals surface area contributed by atoms with Gasteiger partial charge in [0.15, 0.2) is 30.9 Å². The van der Waals surface area contributed by atoms with Gasteiger partial charge in [0.05, 0.1) is 48.7 Å². The zero-order valence-corrected chi connectivity index (χ0v) is 42.1. The van der Waals surface area contributed by atoms with E-state index in [9.17, 15) is 19.2 Å². The number of carbonyl (C=O) groups excluding carboxylic acids is 4. The molecule has 0 spiro atoms. The molecular formula is C62H58O15. The minimum absolute atomic E-state index is 0.123. The Labute approximate surface area is 446 Å². The smallest absolute Gasteiger partial charge is 0.338 e. The van der Waals surface area contributed by atoms with Crippen LogP contribution in [0.15, 0.2) is 212 Å². The van der Waals surface area contributed by atoms with Crippen molar-refractivity contribution >= 4 is 23.9 Å². The van der Waals surface area contributed by atoms with Crippen molar-refractivity contribution < 1.29 is 71.3 Å². The molecule has 2 saturated heterocycles. The van der Waals surface area contributed by atoms with E-state index in [0.29, 0.717) is 0 Å². The van der Waals surface area contributed by atoms with E-state index in [2.05, 4.69) is 0 Å². The molecule has 0 amide bonds. The van der Waals surface area contributed by atoms with Crippen LogP contribution in [-0.4, -0.2) is 106 Å². The van der Waals surface area contributed by atoms with Crippen molar-refractivity contribution in [1.29, 1.82) is 0 Å². The van der Waals surface area contributed by atoms with Gasteiger partial charge in [-0.2, -0.15) is 0 Å². The van der Waals surface area contributed by atoms with Crippen molar-refractivity contribution in [2.45, 2.75) is 81.2 Å². The molecule has 15 nitrogen and oxygen atoms in total. The summed E-state index contributed by atoms with van der Waals surface area (Å²) >= 11 is 0. The second kappa shape index (κ2) is 27.3. The number of ether oxygens (including phenoxy) is 11. The molecular weight excluding hydrogens is 985 g/mol. The summed E-state index contributed by atoms with van der Waals surface area (Å²) < 4.78 is 71.3. The molecule has 0 saturated carbocycles. The van der Waals surface area contributed by atoms with Crippen molar-refractivity contribution in [2.75, 3.05) is 20.3 Å². The fourth-order valence-electron chi connectivity index (χ4n) is 8.92. The first-order chi connectivity index (χ1) is 37.8. The second-order valence-electron chi connectivity index (χ2n) is 18.1. The van der Waals surface area contributed by atoms with Crippen LogP contribution in [0.5, 0.6) is 0 Å². The lowest BCUT2D eigenvalue weighted by Crippen LogP contribution is -2.64. The van der Waals surface area contributed by atoms with Gasteiger partial charge in [-0.3, -0.25) is 0 Å². The molecule has 2 aliphatic rings. The third-order valence-corrected chi connectivity index (χ3v) is 12.8. The van der Waals surface area contributed by atoms with Gasteiger partial charge in [0.25, 0.3) is 0 Å². The number of benzene rings is 7. The third kappa shape index (κ3) is 14.5. The molecule has 77 heavy (non-hydrogen) atoms. The SMILES string of the molecule is COC1OC(COC2OC(COC(=O)c3ccccc3)C(OC(=O)c3ccccc3)C(OC(=O)c3ccccc3)C2OC(=O)c2ccccc2)C(OCc2ccccc2)C(OCc2ccccc2)C1OCc1ccccc1. The van der Waals surface area contributed by atoms with E-state index >= 15 is 0 Å². The number of rotatable bonds is 22. The van der Waals surface area contributed by atoms with Crippen LogP contribution in [0.1, 0.15) is 58.1 Å². The molecule has 10 atom stereocenters. The Hall–Kier alpha value is -7.86. The highest BCUT2D eigenvalue weighted by atomic mass is 16.8. The Morgan fingerprint density at radius 2 is 0.675 bits per heavy atom. The van der Waals surface area contributed by atoms with Crippen LogP contribution in [0, 0.1) is 0 Å². The number of hydrogen-bond acceptors (Lipinski definition) is 15. The minimum atomic E-state index is -1.66. The number of methoxy groups -OCH3 is 1. The van der Waals surface area contributed by atoms with Crippen LogP contribution in [-0.2, 0) is 71.9 Å². The maximum absolute atomic E-state index is 14.3. The third-order valence-electron chi connectivity index (χ3n) is 12.8.